The Bertz CT molecular complexity index is 883. The normalized spacial score (nSPS) is 18.6. The fourth-order valence-electron chi connectivity index (χ4n) is 2.84. The first-order valence-electron chi connectivity index (χ1n) is 7.89. The molecule has 1 saturated heterocycles. The van der Waals surface area contributed by atoms with Crippen LogP contribution in [0.3, 0.4) is 0 Å². The minimum absolute atomic E-state index is 0.118. The number of methoxy groups -OCH3 is 1. The van der Waals surface area contributed by atoms with Gasteiger partial charge >= 0.3 is 0 Å². The number of sulfonamides is 1. The van der Waals surface area contributed by atoms with Gasteiger partial charge in [-0.15, -0.1) is 11.8 Å². The van der Waals surface area contributed by atoms with Crippen LogP contribution in [0.5, 0.6) is 5.75 Å². The number of nitrogens with zero attached hydrogens (tertiary/aromatic N) is 3. The molecule has 1 atom stereocenters. The average molecular weight is 446 g/mol. The highest BCUT2D eigenvalue weighted by Crippen LogP contribution is 2.42. The summed E-state index contributed by atoms with van der Waals surface area (Å²) in [6, 6.07) is 5.67. The molecule has 1 aromatic carbocycles. The highest BCUT2D eigenvalue weighted by atomic mass is 79.9. The van der Waals surface area contributed by atoms with Crippen molar-refractivity contribution in [2.45, 2.75) is 30.8 Å². The lowest BCUT2D eigenvalue weighted by Gasteiger charge is -2.23. The highest BCUT2D eigenvalue weighted by Gasteiger charge is 2.38. The minimum Gasteiger partial charge on any atom is -0.496 e. The molecule has 0 saturated carbocycles. The van der Waals surface area contributed by atoms with Crippen LogP contribution in [0.1, 0.15) is 23.7 Å². The average Bonchev–Trinajstić information content (AvgIpc) is 3.21. The Labute approximate surface area is 160 Å². The minimum atomic E-state index is -3.64. The van der Waals surface area contributed by atoms with Crippen molar-refractivity contribution in [3.05, 3.63) is 40.3 Å². The highest BCUT2D eigenvalue weighted by molar-refractivity contribution is 9.10. The molecule has 0 bridgehead atoms. The van der Waals surface area contributed by atoms with E-state index in [1.54, 1.807) is 25.1 Å². The first-order chi connectivity index (χ1) is 11.9. The Morgan fingerprint density at radius 1 is 1.44 bits per heavy atom. The number of benzene rings is 1. The third-order valence-electron chi connectivity index (χ3n) is 4.18. The number of rotatable bonds is 5. The first-order valence-corrected chi connectivity index (χ1v) is 11.2. The van der Waals surface area contributed by atoms with Crippen molar-refractivity contribution in [3.8, 4) is 5.75 Å². The second-order valence-corrected chi connectivity index (χ2v) is 9.53. The smallest absolute Gasteiger partial charge is 0.263 e. The second-order valence-electron chi connectivity index (χ2n) is 5.65. The van der Waals surface area contributed by atoms with Crippen molar-refractivity contribution in [2.24, 2.45) is 0 Å². The summed E-state index contributed by atoms with van der Waals surface area (Å²) >= 11 is 5.09. The van der Waals surface area contributed by atoms with Crippen LogP contribution in [-0.4, -0.2) is 41.7 Å². The zero-order valence-electron chi connectivity index (χ0n) is 14.3. The predicted molar refractivity (Wildman–Crippen MR) is 102 cm³/mol. The van der Waals surface area contributed by atoms with Crippen LogP contribution in [0.15, 0.2) is 33.9 Å². The van der Waals surface area contributed by atoms with Crippen LogP contribution >= 0.6 is 27.7 Å². The molecule has 0 radical (unpaired) electrons. The van der Waals surface area contributed by atoms with Gasteiger partial charge in [-0.05, 0) is 47.5 Å². The Morgan fingerprint density at radius 3 is 2.80 bits per heavy atom. The number of hydrogen-bond acceptors (Lipinski definition) is 5. The van der Waals surface area contributed by atoms with Gasteiger partial charge in [-0.1, -0.05) is 6.07 Å². The molecule has 2 heterocycles. The molecular formula is C16H20BrN3O3S2. The fraction of sp³-hybridized carbons (Fsp3) is 0.438. The third kappa shape index (κ3) is 3.47. The van der Waals surface area contributed by atoms with Crippen LogP contribution < -0.4 is 4.74 Å². The van der Waals surface area contributed by atoms with E-state index in [-0.39, 0.29) is 10.4 Å². The van der Waals surface area contributed by atoms with Crippen LogP contribution in [0.4, 0.5) is 0 Å². The summed E-state index contributed by atoms with van der Waals surface area (Å²) in [5, 5.41) is -0.147. The third-order valence-corrected chi connectivity index (χ3v) is 7.93. The lowest BCUT2D eigenvalue weighted by Crippen LogP contribution is -2.30. The van der Waals surface area contributed by atoms with E-state index in [1.165, 1.54) is 4.31 Å². The zero-order valence-corrected chi connectivity index (χ0v) is 17.5. The molecule has 0 aliphatic carbocycles. The van der Waals surface area contributed by atoms with Crippen molar-refractivity contribution in [1.82, 2.24) is 13.9 Å². The summed E-state index contributed by atoms with van der Waals surface area (Å²) in [6.07, 6.45) is 1.62. The van der Waals surface area contributed by atoms with Crippen LogP contribution in [0.25, 0.3) is 0 Å². The van der Waals surface area contributed by atoms with Crippen molar-refractivity contribution in [1.29, 1.82) is 0 Å². The summed E-state index contributed by atoms with van der Waals surface area (Å²) in [6.45, 7) is 4.95. The topological polar surface area (TPSA) is 64.4 Å². The largest absolute Gasteiger partial charge is 0.496 e. The maximum atomic E-state index is 13.1. The van der Waals surface area contributed by atoms with E-state index >= 15 is 0 Å². The second kappa shape index (κ2) is 7.30. The number of hydrogen-bond donors (Lipinski definition) is 0. The Kier molecular flexibility index (Phi) is 5.48. The van der Waals surface area contributed by atoms with Crippen molar-refractivity contribution >= 4 is 37.7 Å². The maximum absolute atomic E-state index is 13.1. The van der Waals surface area contributed by atoms with Gasteiger partial charge in [-0.3, -0.25) is 0 Å². The molecule has 0 N–H and O–H groups in total. The molecule has 0 spiro atoms. The van der Waals surface area contributed by atoms with E-state index in [1.807, 2.05) is 36.6 Å². The summed E-state index contributed by atoms with van der Waals surface area (Å²) in [5.41, 5.74) is 0.922. The number of halogens is 1. The van der Waals surface area contributed by atoms with E-state index in [4.69, 9.17) is 4.74 Å². The zero-order chi connectivity index (χ0) is 18.2. The number of ether oxygens (including phenoxy) is 1. The number of aryl methyl sites for hydroxylation is 2. The number of thioether (sulfide) groups is 1. The number of aromatic nitrogens is 2. The van der Waals surface area contributed by atoms with Crippen molar-refractivity contribution < 1.29 is 13.2 Å². The standard InChI is InChI=1S/C16H20BrN3O3S2/c1-4-19-10-15(18-11(19)2)25(21,22)20-7-8-24-16(20)12-5-6-14(23-3)13(17)9-12/h5-6,9-10,16H,4,7-8H2,1-3H3. The Morgan fingerprint density at radius 2 is 2.20 bits per heavy atom. The summed E-state index contributed by atoms with van der Waals surface area (Å²) in [7, 11) is -2.04. The van der Waals surface area contributed by atoms with E-state index in [2.05, 4.69) is 20.9 Å². The summed E-state index contributed by atoms with van der Waals surface area (Å²) in [5.74, 6) is 2.18. The van der Waals surface area contributed by atoms with Gasteiger partial charge in [0.15, 0.2) is 5.03 Å². The molecule has 1 unspecified atom stereocenters. The molecule has 136 valence electrons. The van der Waals surface area contributed by atoms with E-state index in [9.17, 15) is 8.42 Å². The Balaban J connectivity index is 1.96. The van der Waals surface area contributed by atoms with Gasteiger partial charge in [0.25, 0.3) is 10.0 Å². The summed E-state index contributed by atoms with van der Waals surface area (Å²) < 4.78 is 35.7. The van der Waals surface area contributed by atoms with Crippen LogP contribution in [0.2, 0.25) is 0 Å². The lowest BCUT2D eigenvalue weighted by molar-refractivity contribution is 0.410. The van der Waals surface area contributed by atoms with Gasteiger partial charge < -0.3 is 9.30 Å². The molecule has 3 rings (SSSR count). The van der Waals surface area contributed by atoms with E-state index < -0.39 is 10.0 Å². The van der Waals surface area contributed by atoms with Gasteiger partial charge in [-0.2, -0.15) is 4.31 Å². The van der Waals surface area contributed by atoms with Crippen molar-refractivity contribution in [2.75, 3.05) is 19.4 Å². The van der Waals surface area contributed by atoms with Crippen molar-refractivity contribution in [3.63, 3.8) is 0 Å². The molecule has 1 aromatic heterocycles. The van der Waals surface area contributed by atoms with Gasteiger partial charge in [0.1, 0.15) is 11.6 Å². The molecule has 25 heavy (non-hydrogen) atoms. The van der Waals surface area contributed by atoms with Crippen LogP contribution in [-0.2, 0) is 16.6 Å². The molecule has 9 heteroatoms. The van der Waals surface area contributed by atoms with Gasteiger partial charge in [0, 0.05) is 25.0 Å². The van der Waals surface area contributed by atoms with Crippen LogP contribution in [0, 0.1) is 6.92 Å². The molecule has 1 aliphatic heterocycles. The van der Waals surface area contributed by atoms with Gasteiger partial charge in [0.05, 0.1) is 17.0 Å². The quantitative estimate of drug-likeness (QED) is 0.705. The lowest BCUT2D eigenvalue weighted by atomic mass is 10.2. The monoisotopic (exact) mass is 445 g/mol. The van der Waals surface area contributed by atoms with E-state index in [0.29, 0.717) is 18.9 Å². The summed E-state index contributed by atoms with van der Waals surface area (Å²) in [4.78, 5) is 4.27. The Hall–Kier alpha value is -1.03. The number of imidazole rings is 1. The SMILES string of the molecule is CCn1cc(S(=O)(=O)N2CCSC2c2ccc(OC)c(Br)c2)nc1C. The predicted octanol–water partition coefficient (Wildman–Crippen LogP) is 3.42. The van der Waals surface area contributed by atoms with Gasteiger partial charge in [0.2, 0.25) is 0 Å². The molecule has 0 amide bonds. The first kappa shape index (κ1) is 18.8. The van der Waals surface area contributed by atoms with E-state index in [0.717, 1.165) is 21.5 Å². The molecular weight excluding hydrogens is 426 g/mol. The maximum Gasteiger partial charge on any atom is 0.263 e. The molecule has 2 aromatic rings. The van der Waals surface area contributed by atoms with Gasteiger partial charge in [-0.25, -0.2) is 13.4 Å². The molecule has 1 aliphatic rings. The molecule has 6 nitrogen and oxygen atoms in total. The fourth-order valence-corrected chi connectivity index (χ4v) is 6.63. The molecule has 1 fully saturated rings.